The molecule has 0 unspecified atom stereocenters. The van der Waals surface area contributed by atoms with E-state index < -0.39 is 0 Å². The molecule has 2 aromatic carbocycles. The smallest absolute Gasteiger partial charge is 0.229 e. The Kier molecular flexibility index (Phi) is 5.93. The van der Waals surface area contributed by atoms with Crippen molar-refractivity contribution in [1.29, 1.82) is 0 Å². The SMILES string of the molecule is CCN(Cc1ccccc1)c1ccc(NC(=O)Cc2ccccc2)nn1. The highest BCUT2D eigenvalue weighted by Crippen LogP contribution is 2.15. The van der Waals surface area contributed by atoms with Crippen LogP contribution in [0, 0.1) is 0 Å². The molecule has 0 aliphatic carbocycles. The van der Waals surface area contributed by atoms with Gasteiger partial charge in [-0.05, 0) is 30.2 Å². The van der Waals surface area contributed by atoms with Crippen molar-refractivity contribution in [3.63, 3.8) is 0 Å². The Morgan fingerprint density at radius 3 is 2.12 bits per heavy atom. The molecule has 1 heterocycles. The van der Waals surface area contributed by atoms with Gasteiger partial charge >= 0.3 is 0 Å². The molecule has 0 bridgehead atoms. The Morgan fingerprint density at radius 1 is 0.885 bits per heavy atom. The van der Waals surface area contributed by atoms with Crippen LogP contribution in [-0.4, -0.2) is 22.6 Å². The van der Waals surface area contributed by atoms with Crippen LogP contribution >= 0.6 is 0 Å². The summed E-state index contributed by atoms with van der Waals surface area (Å²) in [5, 5.41) is 11.2. The molecule has 0 aliphatic heterocycles. The molecule has 0 atom stereocenters. The average Bonchev–Trinajstić information content (AvgIpc) is 2.68. The van der Waals surface area contributed by atoms with E-state index in [1.807, 2.05) is 54.6 Å². The predicted molar refractivity (Wildman–Crippen MR) is 104 cm³/mol. The van der Waals surface area contributed by atoms with E-state index in [0.717, 1.165) is 24.5 Å². The van der Waals surface area contributed by atoms with Gasteiger partial charge in [-0.15, -0.1) is 10.2 Å². The fraction of sp³-hybridized carbons (Fsp3) is 0.190. The van der Waals surface area contributed by atoms with Crippen molar-refractivity contribution in [3.05, 3.63) is 83.9 Å². The lowest BCUT2D eigenvalue weighted by Crippen LogP contribution is -2.23. The average molecular weight is 346 g/mol. The number of rotatable bonds is 7. The van der Waals surface area contributed by atoms with E-state index in [1.54, 1.807) is 6.07 Å². The molecule has 5 nitrogen and oxygen atoms in total. The molecule has 1 N–H and O–H groups in total. The fourth-order valence-corrected chi connectivity index (χ4v) is 2.69. The maximum Gasteiger partial charge on any atom is 0.229 e. The van der Waals surface area contributed by atoms with Crippen molar-refractivity contribution < 1.29 is 4.79 Å². The first-order valence-corrected chi connectivity index (χ1v) is 8.71. The van der Waals surface area contributed by atoms with Crippen molar-refractivity contribution in [2.75, 3.05) is 16.8 Å². The summed E-state index contributed by atoms with van der Waals surface area (Å²) in [6.07, 6.45) is 0.319. The third-order valence-corrected chi connectivity index (χ3v) is 4.05. The first kappa shape index (κ1) is 17.6. The summed E-state index contributed by atoms with van der Waals surface area (Å²) in [6.45, 7) is 3.68. The number of nitrogens with one attached hydrogen (secondary N) is 1. The van der Waals surface area contributed by atoms with Gasteiger partial charge in [0.1, 0.15) is 0 Å². The van der Waals surface area contributed by atoms with E-state index in [9.17, 15) is 4.79 Å². The van der Waals surface area contributed by atoms with Gasteiger partial charge in [0.2, 0.25) is 5.91 Å². The molecular formula is C21H22N4O. The zero-order chi connectivity index (χ0) is 18.2. The van der Waals surface area contributed by atoms with Gasteiger partial charge in [-0.1, -0.05) is 60.7 Å². The fourth-order valence-electron chi connectivity index (χ4n) is 2.69. The van der Waals surface area contributed by atoms with E-state index in [-0.39, 0.29) is 5.91 Å². The number of aromatic nitrogens is 2. The van der Waals surface area contributed by atoms with Gasteiger partial charge in [0.05, 0.1) is 6.42 Å². The quantitative estimate of drug-likeness (QED) is 0.709. The minimum Gasteiger partial charge on any atom is -0.351 e. The Bertz CT molecular complexity index is 820. The van der Waals surface area contributed by atoms with Crippen LogP contribution in [-0.2, 0) is 17.8 Å². The number of anilines is 2. The number of amides is 1. The lowest BCUT2D eigenvalue weighted by molar-refractivity contribution is -0.115. The summed E-state index contributed by atoms with van der Waals surface area (Å²) in [5.74, 6) is 1.15. The van der Waals surface area contributed by atoms with Gasteiger partial charge in [-0.2, -0.15) is 0 Å². The topological polar surface area (TPSA) is 58.1 Å². The number of hydrogen-bond donors (Lipinski definition) is 1. The summed E-state index contributed by atoms with van der Waals surface area (Å²) in [5.41, 5.74) is 2.19. The van der Waals surface area contributed by atoms with Crippen LogP contribution < -0.4 is 10.2 Å². The Morgan fingerprint density at radius 2 is 1.54 bits per heavy atom. The Labute approximate surface area is 153 Å². The molecule has 132 valence electrons. The van der Waals surface area contributed by atoms with E-state index in [4.69, 9.17) is 0 Å². The monoisotopic (exact) mass is 346 g/mol. The molecule has 0 aliphatic rings. The van der Waals surface area contributed by atoms with Gasteiger partial charge in [0, 0.05) is 13.1 Å². The molecule has 0 fully saturated rings. The summed E-state index contributed by atoms with van der Waals surface area (Å²) in [6, 6.07) is 23.5. The Hall–Kier alpha value is -3.21. The predicted octanol–water partition coefficient (Wildman–Crippen LogP) is 3.68. The summed E-state index contributed by atoms with van der Waals surface area (Å²) >= 11 is 0. The molecule has 5 heteroatoms. The summed E-state index contributed by atoms with van der Waals surface area (Å²) < 4.78 is 0. The lowest BCUT2D eigenvalue weighted by Gasteiger charge is -2.21. The number of carbonyl (C=O) groups excluding carboxylic acids is 1. The van der Waals surface area contributed by atoms with Crippen molar-refractivity contribution in [2.24, 2.45) is 0 Å². The number of carbonyl (C=O) groups is 1. The van der Waals surface area contributed by atoms with E-state index >= 15 is 0 Å². The maximum absolute atomic E-state index is 12.1. The normalized spacial score (nSPS) is 10.3. The number of hydrogen-bond acceptors (Lipinski definition) is 4. The van der Waals surface area contributed by atoms with Crippen LogP contribution in [0.5, 0.6) is 0 Å². The number of nitrogens with zero attached hydrogens (tertiary/aromatic N) is 3. The van der Waals surface area contributed by atoms with E-state index in [2.05, 4.69) is 39.5 Å². The molecular weight excluding hydrogens is 324 g/mol. The van der Waals surface area contributed by atoms with Gasteiger partial charge < -0.3 is 10.2 Å². The third-order valence-electron chi connectivity index (χ3n) is 4.05. The van der Waals surface area contributed by atoms with Crippen LogP contribution in [0.4, 0.5) is 11.6 Å². The molecule has 1 amide bonds. The molecule has 0 radical (unpaired) electrons. The minimum absolute atomic E-state index is 0.102. The van der Waals surface area contributed by atoms with Crippen LogP contribution in [0.1, 0.15) is 18.1 Å². The van der Waals surface area contributed by atoms with Crippen molar-refractivity contribution in [1.82, 2.24) is 10.2 Å². The van der Waals surface area contributed by atoms with Crippen molar-refractivity contribution in [2.45, 2.75) is 19.9 Å². The highest BCUT2D eigenvalue weighted by molar-refractivity contribution is 5.91. The highest BCUT2D eigenvalue weighted by Gasteiger charge is 2.09. The summed E-state index contributed by atoms with van der Waals surface area (Å²) in [7, 11) is 0. The van der Waals surface area contributed by atoms with Crippen LogP contribution in [0.3, 0.4) is 0 Å². The largest absolute Gasteiger partial charge is 0.351 e. The first-order valence-electron chi connectivity index (χ1n) is 8.71. The number of benzene rings is 2. The maximum atomic E-state index is 12.1. The van der Waals surface area contributed by atoms with Crippen LogP contribution in [0.25, 0.3) is 0 Å². The third kappa shape index (κ3) is 4.89. The second kappa shape index (κ2) is 8.76. The highest BCUT2D eigenvalue weighted by atomic mass is 16.1. The zero-order valence-electron chi connectivity index (χ0n) is 14.8. The molecule has 0 spiro atoms. The van der Waals surface area contributed by atoms with E-state index in [1.165, 1.54) is 5.56 Å². The van der Waals surface area contributed by atoms with Gasteiger partial charge in [0.25, 0.3) is 0 Å². The second-order valence-corrected chi connectivity index (χ2v) is 5.99. The van der Waals surface area contributed by atoms with Gasteiger partial charge in [0.15, 0.2) is 11.6 Å². The lowest BCUT2D eigenvalue weighted by atomic mass is 10.1. The molecule has 3 rings (SSSR count). The van der Waals surface area contributed by atoms with E-state index in [0.29, 0.717) is 12.2 Å². The second-order valence-electron chi connectivity index (χ2n) is 5.99. The molecule has 3 aromatic rings. The van der Waals surface area contributed by atoms with Crippen LogP contribution in [0.15, 0.2) is 72.8 Å². The van der Waals surface area contributed by atoms with Crippen molar-refractivity contribution >= 4 is 17.5 Å². The van der Waals surface area contributed by atoms with Crippen LogP contribution in [0.2, 0.25) is 0 Å². The molecule has 0 saturated carbocycles. The molecule has 1 aromatic heterocycles. The van der Waals surface area contributed by atoms with Gasteiger partial charge in [-0.25, -0.2) is 0 Å². The zero-order valence-corrected chi connectivity index (χ0v) is 14.8. The first-order chi connectivity index (χ1) is 12.7. The standard InChI is InChI=1S/C21H22N4O/c1-2-25(16-18-11-7-4-8-12-18)20-14-13-19(23-24-20)22-21(26)15-17-9-5-3-6-10-17/h3-14H,2,15-16H2,1H3,(H,22,23,26). The summed E-state index contributed by atoms with van der Waals surface area (Å²) in [4.78, 5) is 14.2. The van der Waals surface area contributed by atoms with Gasteiger partial charge in [-0.3, -0.25) is 4.79 Å². The minimum atomic E-state index is -0.102. The molecule has 26 heavy (non-hydrogen) atoms. The van der Waals surface area contributed by atoms with Crippen molar-refractivity contribution in [3.8, 4) is 0 Å². The molecule has 0 saturated heterocycles. The Balaban J connectivity index is 1.61.